The number of benzene rings is 6. The highest BCUT2D eigenvalue weighted by Crippen LogP contribution is 2.39. The van der Waals surface area contributed by atoms with Gasteiger partial charge in [0.1, 0.15) is 0 Å². The molecule has 0 saturated carbocycles. The van der Waals surface area contributed by atoms with Crippen LogP contribution in [0.4, 0.5) is 11.4 Å². The van der Waals surface area contributed by atoms with Crippen LogP contribution < -0.4 is 9.44 Å². The number of anilines is 2. The van der Waals surface area contributed by atoms with Gasteiger partial charge in [0, 0.05) is 33.6 Å². The van der Waals surface area contributed by atoms with Crippen molar-refractivity contribution < 1.29 is 26.4 Å². The van der Waals surface area contributed by atoms with E-state index in [4.69, 9.17) is 0 Å². The van der Waals surface area contributed by atoms with Gasteiger partial charge < -0.3 is 0 Å². The molecular formula is C39H28N2O6S2. The summed E-state index contributed by atoms with van der Waals surface area (Å²) in [5, 5.41) is 0. The molecule has 0 atom stereocenters. The molecule has 6 aromatic rings. The molecule has 7 rings (SSSR count). The maximum atomic E-state index is 13.3. The number of hydrogen-bond donors (Lipinski definition) is 2. The summed E-state index contributed by atoms with van der Waals surface area (Å²) in [6.07, 6.45) is 0.351. The van der Waals surface area contributed by atoms with Crippen molar-refractivity contribution in [3.63, 3.8) is 0 Å². The van der Waals surface area contributed by atoms with Gasteiger partial charge in [-0.2, -0.15) is 0 Å². The van der Waals surface area contributed by atoms with Gasteiger partial charge >= 0.3 is 0 Å². The first kappa shape index (κ1) is 31.7. The van der Waals surface area contributed by atoms with E-state index in [1.165, 1.54) is 12.1 Å². The monoisotopic (exact) mass is 684 g/mol. The molecule has 0 spiro atoms. The van der Waals surface area contributed by atoms with Crippen molar-refractivity contribution in [2.75, 3.05) is 9.44 Å². The second kappa shape index (κ2) is 12.6. The molecule has 0 radical (unpaired) electrons. The van der Waals surface area contributed by atoms with Crippen LogP contribution in [0.25, 0.3) is 11.1 Å². The highest BCUT2D eigenvalue weighted by atomic mass is 32.2. The second-order valence-electron chi connectivity index (χ2n) is 11.6. The first-order valence-corrected chi connectivity index (χ1v) is 18.3. The van der Waals surface area contributed by atoms with E-state index in [1.54, 1.807) is 121 Å². The number of hydrogen-bond acceptors (Lipinski definition) is 6. The maximum Gasteiger partial charge on any atom is 0.261 e. The van der Waals surface area contributed by atoms with E-state index in [1.807, 2.05) is 12.1 Å². The van der Waals surface area contributed by atoms with Crippen molar-refractivity contribution in [3.05, 3.63) is 179 Å². The van der Waals surface area contributed by atoms with Gasteiger partial charge in [-0.05, 0) is 101 Å². The van der Waals surface area contributed by atoms with Crippen molar-refractivity contribution in [2.24, 2.45) is 0 Å². The Bertz CT molecular complexity index is 2270. The minimum Gasteiger partial charge on any atom is -0.289 e. The first-order chi connectivity index (χ1) is 23.6. The van der Waals surface area contributed by atoms with Crippen LogP contribution in [0.1, 0.15) is 43.0 Å². The van der Waals surface area contributed by atoms with Gasteiger partial charge in [-0.25, -0.2) is 16.8 Å². The number of fused-ring (bicyclic) bond motifs is 3. The molecule has 0 unspecified atom stereocenters. The van der Waals surface area contributed by atoms with Gasteiger partial charge in [0.05, 0.1) is 9.79 Å². The Morgan fingerprint density at radius 2 is 0.776 bits per heavy atom. The normalized spacial score (nSPS) is 12.1. The predicted molar refractivity (Wildman–Crippen MR) is 189 cm³/mol. The standard InChI is InChI=1S/C39H28N2O6S2/c42-38(26-7-3-1-4-8-26)28-11-15-32(16-12-28)40-48(44,45)34-19-21-36-30(24-34)23-31-25-35(20-22-37(31)36)49(46,47)41-33-17-13-29(14-18-33)39(43)27-9-5-2-6-10-27/h1-22,24-25,40-41H,23H2. The van der Waals surface area contributed by atoms with Crippen molar-refractivity contribution in [1.29, 1.82) is 0 Å². The van der Waals surface area contributed by atoms with Crippen molar-refractivity contribution >= 4 is 43.0 Å². The Hall–Kier alpha value is -5.84. The van der Waals surface area contributed by atoms with Gasteiger partial charge in [0.25, 0.3) is 20.0 Å². The first-order valence-electron chi connectivity index (χ1n) is 15.3. The smallest absolute Gasteiger partial charge is 0.261 e. The second-order valence-corrected chi connectivity index (χ2v) is 14.9. The molecule has 0 aliphatic heterocycles. The Kier molecular flexibility index (Phi) is 8.19. The fourth-order valence-electron chi connectivity index (χ4n) is 5.82. The summed E-state index contributed by atoms with van der Waals surface area (Å²) in [4.78, 5) is 25.5. The van der Waals surface area contributed by atoms with E-state index in [-0.39, 0.29) is 21.4 Å². The lowest BCUT2D eigenvalue weighted by Gasteiger charge is -2.11. The number of ketones is 2. The molecule has 0 saturated heterocycles. The molecule has 0 heterocycles. The number of sulfonamides is 2. The Balaban J connectivity index is 1.04. The van der Waals surface area contributed by atoms with Crippen LogP contribution in [0.5, 0.6) is 0 Å². The molecule has 49 heavy (non-hydrogen) atoms. The maximum absolute atomic E-state index is 13.3. The lowest BCUT2D eigenvalue weighted by Crippen LogP contribution is -2.13. The zero-order chi connectivity index (χ0) is 34.2. The Morgan fingerprint density at radius 3 is 1.14 bits per heavy atom. The van der Waals surface area contributed by atoms with E-state index >= 15 is 0 Å². The van der Waals surface area contributed by atoms with Crippen LogP contribution in [-0.4, -0.2) is 28.4 Å². The van der Waals surface area contributed by atoms with Crippen LogP contribution in [0, 0.1) is 0 Å². The van der Waals surface area contributed by atoms with Gasteiger partial charge in [-0.3, -0.25) is 19.0 Å². The number of carbonyl (C=O) groups is 2. The average molecular weight is 685 g/mol. The minimum atomic E-state index is -3.96. The van der Waals surface area contributed by atoms with E-state index in [2.05, 4.69) is 9.44 Å². The van der Waals surface area contributed by atoms with Crippen LogP contribution in [-0.2, 0) is 26.5 Å². The fraction of sp³-hybridized carbons (Fsp3) is 0.0256. The minimum absolute atomic E-state index is 0.0622. The molecule has 1 aliphatic carbocycles. The summed E-state index contributed by atoms with van der Waals surface area (Å²) in [5.41, 5.74) is 5.75. The number of carbonyl (C=O) groups excluding carboxylic acids is 2. The highest BCUT2D eigenvalue weighted by Gasteiger charge is 2.25. The molecule has 6 aromatic carbocycles. The van der Waals surface area contributed by atoms with Gasteiger partial charge in [-0.1, -0.05) is 72.8 Å². The third-order valence-corrected chi connectivity index (χ3v) is 11.1. The molecule has 242 valence electrons. The molecule has 10 heteroatoms. The Labute approximate surface area is 284 Å². The number of nitrogens with one attached hydrogen (secondary N) is 2. The highest BCUT2D eigenvalue weighted by molar-refractivity contribution is 7.93. The zero-order valence-electron chi connectivity index (χ0n) is 25.8. The zero-order valence-corrected chi connectivity index (χ0v) is 27.5. The molecule has 2 N–H and O–H groups in total. The molecular weight excluding hydrogens is 657 g/mol. The third kappa shape index (κ3) is 6.52. The lowest BCUT2D eigenvalue weighted by atomic mass is 10.0. The average Bonchev–Trinajstić information content (AvgIpc) is 3.49. The van der Waals surface area contributed by atoms with Gasteiger partial charge in [-0.15, -0.1) is 0 Å². The SMILES string of the molecule is O=C(c1ccccc1)c1ccc(NS(=O)(=O)c2ccc3c(c2)Cc2cc(S(=O)(=O)Nc4ccc(C(=O)c5ccccc5)cc4)ccc2-3)cc1. The molecule has 0 amide bonds. The third-order valence-electron chi connectivity index (χ3n) is 8.32. The Morgan fingerprint density at radius 1 is 0.429 bits per heavy atom. The molecule has 0 aromatic heterocycles. The van der Waals surface area contributed by atoms with Crippen molar-refractivity contribution in [2.45, 2.75) is 16.2 Å². The quantitative estimate of drug-likeness (QED) is 0.145. The summed E-state index contributed by atoms with van der Waals surface area (Å²) in [5.74, 6) is -0.323. The van der Waals surface area contributed by atoms with E-state index in [9.17, 15) is 26.4 Å². The molecule has 1 aliphatic rings. The van der Waals surface area contributed by atoms with E-state index in [0.717, 1.165) is 22.3 Å². The summed E-state index contributed by atoms with van der Waals surface area (Å²) in [6.45, 7) is 0. The summed E-state index contributed by atoms with van der Waals surface area (Å²) < 4.78 is 58.4. The fourth-order valence-corrected chi connectivity index (χ4v) is 8.04. The predicted octanol–water partition coefficient (Wildman–Crippen LogP) is 7.32. The summed E-state index contributed by atoms with van der Waals surface area (Å²) in [6, 6.07) is 39.8. The van der Waals surface area contributed by atoms with Crippen molar-refractivity contribution in [1.82, 2.24) is 0 Å². The van der Waals surface area contributed by atoms with Crippen LogP contribution in [0.2, 0.25) is 0 Å². The van der Waals surface area contributed by atoms with Gasteiger partial charge in [0.2, 0.25) is 0 Å². The van der Waals surface area contributed by atoms with Gasteiger partial charge in [0.15, 0.2) is 11.6 Å². The number of rotatable bonds is 10. The van der Waals surface area contributed by atoms with E-state index in [0.29, 0.717) is 40.0 Å². The molecule has 0 bridgehead atoms. The summed E-state index contributed by atoms with van der Waals surface area (Å²) >= 11 is 0. The largest absolute Gasteiger partial charge is 0.289 e. The van der Waals surface area contributed by atoms with E-state index < -0.39 is 20.0 Å². The topological polar surface area (TPSA) is 126 Å². The lowest BCUT2D eigenvalue weighted by molar-refractivity contribution is 0.103. The molecule has 0 fully saturated rings. The molecule has 8 nitrogen and oxygen atoms in total. The van der Waals surface area contributed by atoms with Crippen LogP contribution in [0.3, 0.4) is 0 Å². The van der Waals surface area contributed by atoms with Crippen LogP contribution >= 0.6 is 0 Å². The van der Waals surface area contributed by atoms with Crippen LogP contribution in [0.15, 0.2) is 155 Å². The summed E-state index contributed by atoms with van der Waals surface area (Å²) in [7, 11) is -7.92. The van der Waals surface area contributed by atoms with Crippen molar-refractivity contribution in [3.8, 4) is 11.1 Å².